The minimum Gasteiger partial charge on any atom is -0.268 e. The minimum atomic E-state index is -0.0654. The molecule has 0 N–H and O–H groups in total. The zero-order chi connectivity index (χ0) is 17.4. The second-order valence-corrected chi connectivity index (χ2v) is 7.84. The monoisotopic (exact) mass is 373 g/mol. The van der Waals surface area contributed by atoms with Crippen molar-refractivity contribution in [1.29, 1.82) is 0 Å². The van der Waals surface area contributed by atoms with Gasteiger partial charge in [0, 0.05) is 5.02 Å². The first-order valence-electron chi connectivity index (χ1n) is 7.49. The van der Waals surface area contributed by atoms with Crippen LogP contribution in [0, 0.1) is 13.8 Å². The van der Waals surface area contributed by atoms with E-state index in [0.29, 0.717) is 14.2 Å². The molecule has 122 valence electrons. The first-order chi connectivity index (χ1) is 11.4. The van der Waals surface area contributed by atoms with Gasteiger partial charge in [-0.3, -0.25) is 9.69 Å². The molecule has 24 heavy (non-hydrogen) atoms. The van der Waals surface area contributed by atoms with Gasteiger partial charge in [0.1, 0.15) is 0 Å². The van der Waals surface area contributed by atoms with Gasteiger partial charge in [0.25, 0.3) is 5.91 Å². The second kappa shape index (κ2) is 6.71. The lowest BCUT2D eigenvalue weighted by molar-refractivity contribution is -0.113. The molecule has 0 bridgehead atoms. The standard InChI is InChI=1S/C19H16ClNOS2/c1-11-4-9-16(12(2)10-11)21-18(22)17(24-19(21)23)13(3)14-5-7-15(20)8-6-14/h4-10H,1-3H3/b17-13+. The van der Waals surface area contributed by atoms with E-state index in [4.69, 9.17) is 23.8 Å². The number of carbonyl (C=O) groups excluding carboxylic acids is 1. The Hall–Kier alpha value is -1.62. The van der Waals surface area contributed by atoms with Crippen LogP contribution in [0.5, 0.6) is 0 Å². The van der Waals surface area contributed by atoms with Crippen molar-refractivity contribution >= 4 is 57.1 Å². The van der Waals surface area contributed by atoms with Gasteiger partial charge in [-0.1, -0.05) is 65.4 Å². The van der Waals surface area contributed by atoms with E-state index in [1.165, 1.54) is 11.8 Å². The number of hydrogen-bond acceptors (Lipinski definition) is 3. The fourth-order valence-corrected chi connectivity index (χ4v) is 4.15. The average molecular weight is 374 g/mol. The van der Waals surface area contributed by atoms with Crippen molar-refractivity contribution < 1.29 is 4.79 Å². The highest BCUT2D eigenvalue weighted by atomic mass is 35.5. The van der Waals surface area contributed by atoms with E-state index in [0.717, 1.165) is 28.0 Å². The molecule has 5 heteroatoms. The third kappa shape index (κ3) is 3.14. The maximum Gasteiger partial charge on any atom is 0.271 e. The zero-order valence-electron chi connectivity index (χ0n) is 13.6. The molecule has 1 aliphatic rings. The van der Waals surface area contributed by atoms with Gasteiger partial charge >= 0.3 is 0 Å². The molecule has 0 unspecified atom stereocenters. The summed E-state index contributed by atoms with van der Waals surface area (Å²) in [5.41, 5.74) is 4.94. The van der Waals surface area contributed by atoms with Crippen LogP contribution < -0.4 is 4.90 Å². The molecule has 0 aromatic heterocycles. The quantitative estimate of drug-likeness (QED) is 0.493. The van der Waals surface area contributed by atoms with E-state index < -0.39 is 0 Å². The van der Waals surface area contributed by atoms with Gasteiger partial charge in [0.2, 0.25) is 0 Å². The first-order valence-corrected chi connectivity index (χ1v) is 9.09. The van der Waals surface area contributed by atoms with E-state index in [1.54, 1.807) is 4.90 Å². The summed E-state index contributed by atoms with van der Waals surface area (Å²) >= 11 is 12.8. The third-order valence-corrected chi connectivity index (χ3v) is 5.71. The van der Waals surface area contributed by atoms with Gasteiger partial charge in [-0.2, -0.15) is 0 Å². The van der Waals surface area contributed by atoms with E-state index in [9.17, 15) is 4.79 Å². The lowest BCUT2D eigenvalue weighted by Gasteiger charge is -2.17. The van der Waals surface area contributed by atoms with Crippen LogP contribution in [-0.4, -0.2) is 10.2 Å². The van der Waals surface area contributed by atoms with Crippen LogP contribution in [0.4, 0.5) is 5.69 Å². The molecule has 1 fully saturated rings. The summed E-state index contributed by atoms with van der Waals surface area (Å²) in [6, 6.07) is 13.5. The summed E-state index contributed by atoms with van der Waals surface area (Å²) in [6.07, 6.45) is 0. The predicted molar refractivity (Wildman–Crippen MR) is 108 cm³/mol. The molecule has 0 radical (unpaired) electrons. The van der Waals surface area contributed by atoms with Crippen molar-refractivity contribution in [3.8, 4) is 0 Å². The molecule has 1 heterocycles. The van der Waals surface area contributed by atoms with Crippen molar-refractivity contribution in [1.82, 2.24) is 0 Å². The number of carbonyl (C=O) groups is 1. The number of benzene rings is 2. The Kier molecular flexibility index (Phi) is 4.81. The van der Waals surface area contributed by atoms with E-state index in [1.807, 2.05) is 57.2 Å². The number of halogens is 1. The van der Waals surface area contributed by atoms with E-state index in [2.05, 4.69) is 6.07 Å². The summed E-state index contributed by atoms with van der Waals surface area (Å²) in [4.78, 5) is 15.3. The molecule has 2 aromatic carbocycles. The Bertz CT molecular complexity index is 871. The maximum atomic E-state index is 13.0. The van der Waals surface area contributed by atoms with Crippen molar-refractivity contribution in [2.45, 2.75) is 20.8 Å². The topological polar surface area (TPSA) is 20.3 Å². The van der Waals surface area contributed by atoms with E-state index >= 15 is 0 Å². The van der Waals surface area contributed by atoms with Gasteiger partial charge in [0.15, 0.2) is 4.32 Å². The number of nitrogens with zero attached hydrogens (tertiary/aromatic N) is 1. The maximum absolute atomic E-state index is 13.0. The largest absolute Gasteiger partial charge is 0.271 e. The Morgan fingerprint density at radius 3 is 2.42 bits per heavy atom. The average Bonchev–Trinajstić information content (AvgIpc) is 2.83. The molecular formula is C19H16ClNOS2. The van der Waals surface area contributed by atoms with E-state index in [-0.39, 0.29) is 5.91 Å². The van der Waals surface area contributed by atoms with Crippen molar-refractivity contribution in [3.63, 3.8) is 0 Å². The lowest BCUT2D eigenvalue weighted by atomic mass is 10.1. The minimum absolute atomic E-state index is 0.0654. The highest BCUT2D eigenvalue weighted by molar-refractivity contribution is 8.27. The summed E-state index contributed by atoms with van der Waals surface area (Å²) in [6.45, 7) is 5.97. The third-order valence-electron chi connectivity index (χ3n) is 3.98. The van der Waals surface area contributed by atoms with Gasteiger partial charge in [-0.25, -0.2) is 0 Å². The highest BCUT2D eigenvalue weighted by Crippen LogP contribution is 2.40. The first kappa shape index (κ1) is 17.2. The summed E-state index contributed by atoms with van der Waals surface area (Å²) in [7, 11) is 0. The summed E-state index contributed by atoms with van der Waals surface area (Å²) < 4.78 is 0.565. The number of thioether (sulfide) groups is 1. The smallest absolute Gasteiger partial charge is 0.268 e. The number of hydrogen-bond donors (Lipinski definition) is 0. The van der Waals surface area contributed by atoms with Crippen LogP contribution in [0.1, 0.15) is 23.6 Å². The molecule has 3 rings (SSSR count). The lowest BCUT2D eigenvalue weighted by Crippen LogP contribution is -2.28. The number of anilines is 1. The molecule has 0 spiro atoms. The van der Waals surface area contributed by atoms with Crippen LogP contribution in [0.2, 0.25) is 5.02 Å². The molecule has 2 nitrogen and oxygen atoms in total. The van der Waals surface area contributed by atoms with Crippen molar-refractivity contribution in [3.05, 3.63) is 69.1 Å². The van der Waals surface area contributed by atoms with Crippen LogP contribution in [0.25, 0.3) is 5.57 Å². The predicted octanol–water partition coefficient (Wildman–Crippen LogP) is 5.75. The summed E-state index contributed by atoms with van der Waals surface area (Å²) in [5.74, 6) is -0.0654. The van der Waals surface area contributed by atoms with Gasteiger partial charge < -0.3 is 0 Å². The fraction of sp³-hybridized carbons (Fsp3) is 0.158. The Balaban J connectivity index is 2.02. The molecule has 0 saturated carbocycles. The van der Waals surface area contributed by atoms with Crippen LogP contribution in [0.3, 0.4) is 0 Å². The molecule has 1 aliphatic heterocycles. The van der Waals surface area contributed by atoms with Gasteiger partial charge in [-0.05, 0) is 55.7 Å². The fourth-order valence-electron chi connectivity index (χ4n) is 2.69. The van der Waals surface area contributed by atoms with Gasteiger partial charge in [-0.15, -0.1) is 0 Å². The molecular weight excluding hydrogens is 358 g/mol. The van der Waals surface area contributed by atoms with Crippen molar-refractivity contribution in [2.75, 3.05) is 4.90 Å². The van der Waals surface area contributed by atoms with Crippen LogP contribution in [-0.2, 0) is 4.79 Å². The molecule has 1 saturated heterocycles. The zero-order valence-corrected chi connectivity index (χ0v) is 16.0. The van der Waals surface area contributed by atoms with Crippen LogP contribution in [0.15, 0.2) is 47.4 Å². The Labute approximate surface area is 156 Å². The molecule has 0 aliphatic carbocycles. The van der Waals surface area contributed by atoms with Gasteiger partial charge in [0.05, 0.1) is 10.6 Å². The SMILES string of the molecule is C/C(=C1\SC(=S)N(c2ccc(C)cc2C)C1=O)c1ccc(Cl)cc1. The number of aryl methyl sites for hydroxylation is 2. The van der Waals surface area contributed by atoms with Crippen LogP contribution >= 0.6 is 35.6 Å². The number of rotatable bonds is 2. The molecule has 1 amide bonds. The number of thiocarbonyl (C=S) groups is 1. The second-order valence-electron chi connectivity index (χ2n) is 5.76. The Morgan fingerprint density at radius 2 is 1.79 bits per heavy atom. The number of allylic oxidation sites excluding steroid dienone is 1. The number of amides is 1. The van der Waals surface area contributed by atoms with Crippen molar-refractivity contribution in [2.24, 2.45) is 0 Å². The normalized spacial score (nSPS) is 16.8. The Morgan fingerprint density at radius 1 is 1.12 bits per heavy atom. The molecule has 2 aromatic rings. The summed E-state index contributed by atoms with van der Waals surface area (Å²) in [5, 5.41) is 0.675. The highest BCUT2D eigenvalue weighted by Gasteiger charge is 2.35. The molecule has 0 atom stereocenters.